The second-order valence-corrected chi connectivity index (χ2v) is 4.58. The Morgan fingerprint density at radius 1 is 1.44 bits per heavy atom. The van der Waals surface area contributed by atoms with Crippen molar-refractivity contribution in [2.24, 2.45) is 0 Å². The zero-order valence-electron chi connectivity index (χ0n) is 10.3. The minimum Gasteiger partial charge on any atom is -0.309 e. The zero-order chi connectivity index (χ0) is 13.4. The molecule has 2 saturated heterocycles. The SMILES string of the molecule is CC(=O)N(C)NC(=O)[C@@H]1CC[C@H]2CN1C(=O)N2O. The molecule has 0 aliphatic carbocycles. The summed E-state index contributed by atoms with van der Waals surface area (Å²) in [4.78, 5) is 36.0. The van der Waals surface area contributed by atoms with Crippen LogP contribution in [0.2, 0.25) is 0 Å². The monoisotopic (exact) mass is 256 g/mol. The standard InChI is InChI=1S/C10H16N4O4/c1-6(15)12(2)11-9(16)8-4-3-7-5-13(8)10(17)14(7)18/h7-8,18H,3-5H2,1-2H3,(H,11,16)/t7-,8-/m0/s1. The first-order chi connectivity index (χ1) is 8.41. The van der Waals surface area contributed by atoms with E-state index >= 15 is 0 Å². The summed E-state index contributed by atoms with van der Waals surface area (Å²) in [7, 11) is 1.44. The van der Waals surface area contributed by atoms with Crippen LogP contribution in [-0.4, -0.2) is 63.7 Å². The van der Waals surface area contributed by atoms with Gasteiger partial charge in [0.1, 0.15) is 6.04 Å². The first-order valence-corrected chi connectivity index (χ1v) is 5.75. The summed E-state index contributed by atoms with van der Waals surface area (Å²) in [5.41, 5.74) is 2.42. The molecule has 2 aliphatic heterocycles. The van der Waals surface area contributed by atoms with Crippen LogP contribution in [0.3, 0.4) is 0 Å². The maximum Gasteiger partial charge on any atom is 0.344 e. The number of hydrazine groups is 1. The van der Waals surface area contributed by atoms with E-state index in [0.29, 0.717) is 24.4 Å². The Labute approximate surface area is 104 Å². The largest absolute Gasteiger partial charge is 0.344 e. The number of carbonyl (C=O) groups is 3. The smallest absolute Gasteiger partial charge is 0.309 e. The third kappa shape index (κ3) is 1.99. The van der Waals surface area contributed by atoms with E-state index in [1.807, 2.05) is 0 Å². The van der Waals surface area contributed by atoms with Crippen molar-refractivity contribution >= 4 is 17.8 Å². The van der Waals surface area contributed by atoms with Crippen molar-refractivity contribution in [3.63, 3.8) is 0 Å². The Morgan fingerprint density at radius 3 is 2.72 bits per heavy atom. The van der Waals surface area contributed by atoms with Gasteiger partial charge in [-0.25, -0.2) is 9.86 Å². The lowest BCUT2D eigenvalue weighted by molar-refractivity contribution is -0.140. The van der Waals surface area contributed by atoms with Crippen molar-refractivity contribution in [2.75, 3.05) is 13.6 Å². The molecule has 2 heterocycles. The summed E-state index contributed by atoms with van der Waals surface area (Å²) < 4.78 is 0. The number of hydrogen-bond acceptors (Lipinski definition) is 4. The summed E-state index contributed by atoms with van der Waals surface area (Å²) >= 11 is 0. The molecule has 0 spiro atoms. The van der Waals surface area contributed by atoms with Crippen molar-refractivity contribution in [1.29, 1.82) is 0 Å². The molecule has 2 aliphatic rings. The minimum atomic E-state index is -0.632. The van der Waals surface area contributed by atoms with Crippen LogP contribution < -0.4 is 5.43 Å². The van der Waals surface area contributed by atoms with Crippen LogP contribution in [0.5, 0.6) is 0 Å². The quantitative estimate of drug-likeness (QED) is 0.472. The van der Waals surface area contributed by atoms with Crippen LogP contribution in [0.15, 0.2) is 0 Å². The molecule has 2 atom stereocenters. The molecule has 0 aromatic carbocycles. The third-order valence-corrected chi connectivity index (χ3v) is 3.40. The van der Waals surface area contributed by atoms with Gasteiger partial charge in [-0.3, -0.25) is 25.2 Å². The van der Waals surface area contributed by atoms with Gasteiger partial charge in [-0.1, -0.05) is 0 Å². The van der Waals surface area contributed by atoms with Gasteiger partial charge in [0.15, 0.2) is 0 Å². The van der Waals surface area contributed by atoms with Crippen molar-refractivity contribution in [1.82, 2.24) is 20.4 Å². The van der Waals surface area contributed by atoms with Gasteiger partial charge in [-0.15, -0.1) is 0 Å². The van der Waals surface area contributed by atoms with Crippen molar-refractivity contribution in [3.05, 3.63) is 0 Å². The fourth-order valence-corrected chi connectivity index (χ4v) is 2.24. The number of urea groups is 1. The minimum absolute atomic E-state index is 0.230. The summed E-state index contributed by atoms with van der Waals surface area (Å²) in [5.74, 6) is -0.705. The number of fused-ring (bicyclic) bond motifs is 2. The molecule has 2 rings (SSSR count). The van der Waals surface area contributed by atoms with E-state index in [9.17, 15) is 19.6 Å². The average molecular weight is 256 g/mol. The molecule has 0 saturated carbocycles. The molecule has 2 bridgehead atoms. The fraction of sp³-hybridized carbons (Fsp3) is 0.700. The van der Waals surface area contributed by atoms with Crippen LogP contribution in [0.4, 0.5) is 4.79 Å². The molecule has 2 N–H and O–H groups in total. The molecule has 100 valence electrons. The van der Waals surface area contributed by atoms with E-state index in [-0.39, 0.29) is 11.9 Å². The Balaban J connectivity index is 2.04. The Hall–Kier alpha value is -1.83. The molecule has 4 amide bonds. The van der Waals surface area contributed by atoms with Crippen LogP contribution in [-0.2, 0) is 9.59 Å². The van der Waals surface area contributed by atoms with Gasteiger partial charge in [0.05, 0.1) is 6.04 Å². The lowest BCUT2D eigenvalue weighted by atomic mass is 10.0. The van der Waals surface area contributed by atoms with E-state index in [1.165, 1.54) is 18.9 Å². The summed E-state index contributed by atoms with van der Waals surface area (Å²) in [6.07, 6.45) is 1.05. The molecule has 0 aromatic rings. The Bertz CT molecular complexity index is 399. The second-order valence-electron chi connectivity index (χ2n) is 4.58. The first-order valence-electron chi connectivity index (χ1n) is 5.75. The van der Waals surface area contributed by atoms with Crippen molar-refractivity contribution in [3.8, 4) is 0 Å². The maximum absolute atomic E-state index is 12.0. The number of nitrogens with one attached hydrogen (secondary N) is 1. The topological polar surface area (TPSA) is 93.2 Å². The van der Waals surface area contributed by atoms with Gasteiger partial charge >= 0.3 is 6.03 Å². The van der Waals surface area contributed by atoms with Crippen LogP contribution >= 0.6 is 0 Å². The fourth-order valence-electron chi connectivity index (χ4n) is 2.24. The first kappa shape index (κ1) is 12.6. The number of amides is 4. The second kappa shape index (κ2) is 4.45. The molecular weight excluding hydrogens is 240 g/mol. The summed E-state index contributed by atoms with van der Waals surface area (Å²) in [5, 5.41) is 11.2. The number of hydroxylamine groups is 2. The molecule has 18 heavy (non-hydrogen) atoms. The van der Waals surface area contributed by atoms with Gasteiger partial charge in [0.2, 0.25) is 5.91 Å². The number of carbonyl (C=O) groups excluding carboxylic acids is 3. The summed E-state index contributed by atoms with van der Waals surface area (Å²) in [6.45, 7) is 1.67. The van der Waals surface area contributed by atoms with E-state index in [2.05, 4.69) is 5.43 Å². The Morgan fingerprint density at radius 2 is 2.11 bits per heavy atom. The van der Waals surface area contributed by atoms with E-state index < -0.39 is 18.0 Å². The molecule has 8 nitrogen and oxygen atoms in total. The zero-order valence-corrected chi connectivity index (χ0v) is 10.3. The van der Waals surface area contributed by atoms with Crippen LogP contribution in [0.25, 0.3) is 0 Å². The van der Waals surface area contributed by atoms with Crippen LogP contribution in [0, 0.1) is 0 Å². The average Bonchev–Trinajstić information content (AvgIpc) is 2.54. The molecule has 0 radical (unpaired) electrons. The number of piperidine rings is 1. The highest BCUT2D eigenvalue weighted by atomic mass is 16.5. The van der Waals surface area contributed by atoms with E-state index in [1.54, 1.807) is 0 Å². The van der Waals surface area contributed by atoms with Crippen LogP contribution in [0.1, 0.15) is 19.8 Å². The lowest BCUT2D eigenvalue weighted by Gasteiger charge is -2.30. The molecule has 0 aromatic heterocycles. The maximum atomic E-state index is 12.0. The highest BCUT2D eigenvalue weighted by Crippen LogP contribution is 2.28. The van der Waals surface area contributed by atoms with Gasteiger partial charge in [0.25, 0.3) is 5.91 Å². The molecular formula is C10H16N4O4. The van der Waals surface area contributed by atoms with E-state index in [0.717, 1.165) is 5.01 Å². The highest BCUT2D eigenvalue weighted by Gasteiger charge is 2.46. The molecule has 0 unspecified atom stereocenters. The number of rotatable bonds is 1. The highest BCUT2D eigenvalue weighted by molar-refractivity contribution is 5.89. The lowest BCUT2D eigenvalue weighted by Crippen LogP contribution is -2.54. The predicted octanol–water partition coefficient (Wildman–Crippen LogP) is -0.846. The van der Waals surface area contributed by atoms with Crippen molar-refractivity contribution in [2.45, 2.75) is 31.8 Å². The predicted molar refractivity (Wildman–Crippen MR) is 59.1 cm³/mol. The summed E-state index contributed by atoms with van der Waals surface area (Å²) in [6, 6.07) is -1.41. The van der Waals surface area contributed by atoms with Gasteiger partial charge < -0.3 is 4.90 Å². The normalized spacial score (nSPS) is 26.3. The molecule has 2 fully saturated rings. The Kier molecular flexibility index (Phi) is 3.12. The van der Waals surface area contributed by atoms with Gasteiger partial charge in [0, 0.05) is 20.5 Å². The van der Waals surface area contributed by atoms with Gasteiger partial charge in [-0.2, -0.15) is 0 Å². The number of hydrogen-bond donors (Lipinski definition) is 2. The van der Waals surface area contributed by atoms with Gasteiger partial charge in [-0.05, 0) is 12.8 Å². The third-order valence-electron chi connectivity index (χ3n) is 3.40. The molecule has 8 heteroatoms. The van der Waals surface area contributed by atoms with Crippen molar-refractivity contribution < 1.29 is 19.6 Å². The van der Waals surface area contributed by atoms with E-state index in [4.69, 9.17) is 0 Å². The number of nitrogens with zero attached hydrogens (tertiary/aromatic N) is 3.